The minimum atomic E-state index is -4.84. The molecule has 5 nitrogen and oxygen atoms in total. The number of carbonyl (C=O) groups excluding carboxylic acids is 2. The number of hydrogen-bond acceptors (Lipinski definition) is 4. The Hall–Kier alpha value is -3.29. The topological polar surface area (TPSA) is 64.6 Å². The smallest absolute Gasteiger partial charge is 0.466 e. The molecule has 1 amide bonds. The summed E-state index contributed by atoms with van der Waals surface area (Å²) in [6, 6.07) is 10.5. The van der Waals surface area contributed by atoms with Gasteiger partial charge < -0.3 is 14.8 Å². The van der Waals surface area contributed by atoms with Gasteiger partial charge in [0, 0.05) is 11.6 Å². The molecule has 0 aromatic heterocycles. The number of benzene rings is 2. The van der Waals surface area contributed by atoms with Crippen LogP contribution in [-0.4, -0.2) is 30.9 Å². The molecule has 1 N–H and O–H groups in total. The third-order valence-electron chi connectivity index (χ3n) is 5.33. The Morgan fingerprint density at radius 1 is 1.09 bits per heavy atom. The normalized spacial score (nSPS) is 18.6. The van der Waals surface area contributed by atoms with Gasteiger partial charge in [-0.05, 0) is 56.9 Å². The highest BCUT2D eigenvalue weighted by atomic mass is 19.4. The zero-order chi connectivity index (χ0) is 24.2. The molecule has 0 fully saturated rings. The molecule has 0 aliphatic heterocycles. The van der Waals surface area contributed by atoms with Crippen molar-refractivity contribution in [3.8, 4) is 5.75 Å². The molecule has 0 saturated carbocycles. The van der Waals surface area contributed by atoms with Gasteiger partial charge in [0.25, 0.3) is 5.91 Å². The first-order chi connectivity index (χ1) is 15.6. The third kappa shape index (κ3) is 6.60. The first-order valence-corrected chi connectivity index (χ1v) is 10.7. The second-order valence-corrected chi connectivity index (χ2v) is 8.09. The number of aryl methyl sites for hydroxylation is 2. The maximum absolute atomic E-state index is 12.8. The van der Waals surface area contributed by atoms with Crippen LogP contribution in [-0.2, 0) is 9.53 Å². The van der Waals surface area contributed by atoms with Crippen molar-refractivity contribution in [3.05, 3.63) is 76.9 Å². The van der Waals surface area contributed by atoms with Crippen molar-refractivity contribution in [2.24, 2.45) is 5.92 Å². The molecule has 3 rings (SSSR count). The number of esters is 1. The van der Waals surface area contributed by atoms with E-state index in [4.69, 9.17) is 4.74 Å². The number of amides is 1. The number of alkyl halides is 3. The number of ether oxygens (including phenoxy) is 2. The molecule has 8 heteroatoms. The van der Waals surface area contributed by atoms with E-state index in [0.717, 1.165) is 28.8 Å². The van der Waals surface area contributed by atoms with Gasteiger partial charge in [-0.25, -0.2) is 0 Å². The van der Waals surface area contributed by atoms with Crippen molar-refractivity contribution in [1.29, 1.82) is 0 Å². The van der Waals surface area contributed by atoms with Crippen LogP contribution in [0.15, 0.2) is 54.6 Å². The van der Waals surface area contributed by atoms with E-state index in [9.17, 15) is 22.8 Å². The molecule has 0 bridgehead atoms. The lowest BCUT2D eigenvalue weighted by molar-refractivity contribution is -0.274. The minimum Gasteiger partial charge on any atom is -0.466 e. The molecule has 3 atom stereocenters. The summed E-state index contributed by atoms with van der Waals surface area (Å²) in [6.07, 6.45) is -0.700. The predicted molar refractivity (Wildman–Crippen MR) is 117 cm³/mol. The van der Waals surface area contributed by atoms with Crippen molar-refractivity contribution < 1.29 is 32.2 Å². The highest BCUT2D eigenvalue weighted by Crippen LogP contribution is 2.35. The standard InChI is InChI=1S/C25H26F3NO4/c1-4-32-24(31)22(19-11-15(2)10-16(3)12-19)17-8-9-20(13-17)29-23(30)18-6-5-7-21(14-18)33-25(26,27)28/h5-12,14,17,20,22H,4,13H2,1-3H3,(H,29,30). The fourth-order valence-electron chi connectivity index (χ4n) is 4.15. The van der Waals surface area contributed by atoms with Gasteiger partial charge in [0.15, 0.2) is 0 Å². The number of carbonyl (C=O) groups is 2. The summed E-state index contributed by atoms with van der Waals surface area (Å²) in [5.74, 6) is -2.05. The zero-order valence-electron chi connectivity index (χ0n) is 18.6. The Morgan fingerprint density at radius 2 is 1.79 bits per heavy atom. The first-order valence-electron chi connectivity index (χ1n) is 10.7. The van der Waals surface area contributed by atoms with Gasteiger partial charge in [-0.3, -0.25) is 9.59 Å². The van der Waals surface area contributed by atoms with E-state index in [0.29, 0.717) is 6.42 Å². The summed E-state index contributed by atoms with van der Waals surface area (Å²) in [6.45, 7) is 5.93. The van der Waals surface area contributed by atoms with Crippen LogP contribution in [0.4, 0.5) is 13.2 Å². The van der Waals surface area contributed by atoms with Gasteiger partial charge in [0.05, 0.1) is 12.5 Å². The number of rotatable bonds is 7. The highest BCUT2D eigenvalue weighted by molar-refractivity contribution is 5.95. The van der Waals surface area contributed by atoms with Crippen LogP contribution in [0.5, 0.6) is 5.75 Å². The molecular weight excluding hydrogens is 435 g/mol. The second kappa shape index (κ2) is 10.1. The second-order valence-electron chi connectivity index (χ2n) is 8.09. The summed E-state index contributed by atoms with van der Waals surface area (Å²) >= 11 is 0. The molecule has 0 heterocycles. The van der Waals surface area contributed by atoms with E-state index >= 15 is 0 Å². The molecule has 3 unspecified atom stereocenters. The maximum Gasteiger partial charge on any atom is 0.573 e. The summed E-state index contributed by atoms with van der Waals surface area (Å²) in [5, 5.41) is 2.80. The summed E-state index contributed by atoms with van der Waals surface area (Å²) in [7, 11) is 0. The quantitative estimate of drug-likeness (QED) is 0.453. The largest absolute Gasteiger partial charge is 0.573 e. The predicted octanol–water partition coefficient (Wildman–Crippen LogP) is 5.22. The van der Waals surface area contributed by atoms with Crippen LogP contribution < -0.4 is 10.1 Å². The Kier molecular flexibility index (Phi) is 7.46. The lowest BCUT2D eigenvalue weighted by Crippen LogP contribution is -2.34. The van der Waals surface area contributed by atoms with Crippen molar-refractivity contribution in [2.75, 3.05) is 6.61 Å². The van der Waals surface area contributed by atoms with Crippen molar-refractivity contribution in [1.82, 2.24) is 5.32 Å². The van der Waals surface area contributed by atoms with Crippen LogP contribution in [0.1, 0.15) is 46.3 Å². The highest BCUT2D eigenvalue weighted by Gasteiger charge is 2.35. The van der Waals surface area contributed by atoms with Gasteiger partial charge >= 0.3 is 12.3 Å². The maximum atomic E-state index is 12.8. The lowest BCUT2D eigenvalue weighted by atomic mass is 9.84. The van der Waals surface area contributed by atoms with Gasteiger partial charge in [-0.2, -0.15) is 0 Å². The molecule has 33 heavy (non-hydrogen) atoms. The Morgan fingerprint density at radius 3 is 2.42 bits per heavy atom. The molecule has 1 aliphatic rings. The van der Waals surface area contributed by atoms with Crippen molar-refractivity contribution in [2.45, 2.75) is 45.5 Å². The van der Waals surface area contributed by atoms with Crippen LogP contribution >= 0.6 is 0 Å². The molecular formula is C25H26F3NO4. The lowest BCUT2D eigenvalue weighted by Gasteiger charge is -2.23. The van der Waals surface area contributed by atoms with E-state index in [2.05, 4.69) is 10.1 Å². The molecule has 0 spiro atoms. The fraction of sp³-hybridized carbons (Fsp3) is 0.360. The Bertz CT molecular complexity index is 1030. The van der Waals surface area contributed by atoms with E-state index in [1.54, 1.807) is 13.0 Å². The van der Waals surface area contributed by atoms with Crippen molar-refractivity contribution in [3.63, 3.8) is 0 Å². The summed E-state index contributed by atoms with van der Waals surface area (Å²) < 4.78 is 46.6. The SMILES string of the molecule is CCOC(=O)C(c1cc(C)cc(C)c1)C1C=CC(NC(=O)c2cccc(OC(F)(F)F)c2)C1. The van der Waals surface area contributed by atoms with E-state index in [1.807, 2.05) is 38.1 Å². The minimum absolute atomic E-state index is 0.0462. The zero-order valence-corrected chi connectivity index (χ0v) is 18.6. The fourth-order valence-corrected chi connectivity index (χ4v) is 4.15. The number of hydrogen-bond donors (Lipinski definition) is 1. The number of allylic oxidation sites excluding steroid dienone is 1. The summed E-state index contributed by atoms with van der Waals surface area (Å²) in [4.78, 5) is 25.4. The molecule has 176 valence electrons. The Balaban J connectivity index is 1.72. The molecule has 2 aromatic rings. The molecule has 2 aromatic carbocycles. The molecule has 1 aliphatic carbocycles. The van der Waals surface area contributed by atoms with Crippen LogP contribution in [0, 0.1) is 19.8 Å². The van der Waals surface area contributed by atoms with Gasteiger partial charge in [-0.1, -0.05) is 47.5 Å². The molecule has 0 radical (unpaired) electrons. The van der Waals surface area contributed by atoms with Crippen LogP contribution in [0.3, 0.4) is 0 Å². The van der Waals surface area contributed by atoms with E-state index in [1.165, 1.54) is 12.1 Å². The first kappa shape index (κ1) is 24.4. The number of halogens is 3. The average molecular weight is 461 g/mol. The van der Waals surface area contributed by atoms with E-state index < -0.39 is 23.9 Å². The monoisotopic (exact) mass is 461 g/mol. The average Bonchev–Trinajstić information content (AvgIpc) is 3.14. The number of nitrogens with one attached hydrogen (secondary N) is 1. The van der Waals surface area contributed by atoms with E-state index in [-0.39, 0.29) is 30.1 Å². The van der Waals surface area contributed by atoms with Gasteiger partial charge in [0.1, 0.15) is 5.75 Å². The van der Waals surface area contributed by atoms with Crippen molar-refractivity contribution >= 4 is 11.9 Å². The molecule has 0 saturated heterocycles. The third-order valence-corrected chi connectivity index (χ3v) is 5.33. The summed E-state index contributed by atoms with van der Waals surface area (Å²) in [5.41, 5.74) is 2.97. The van der Waals surface area contributed by atoms with Crippen LogP contribution in [0.2, 0.25) is 0 Å². The van der Waals surface area contributed by atoms with Gasteiger partial charge in [0.2, 0.25) is 0 Å². The van der Waals surface area contributed by atoms with Crippen LogP contribution in [0.25, 0.3) is 0 Å². The Labute approximate surface area is 190 Å². The van der Waals surface area contributed by atoms with Gasteiger partial charge in [-0.15, -0.1) is 13.2 Å².